The van der Waals surface area contributed by atoms with Crippen molar-refractivity contribution in [1.29, 1.82) is 0 Å². The summed E-state index contributed by atoms with van der Waals surface area (Å²) < 4.78 is 19.4. The molecule has 13 heavy (non-hydrogen) atoms. The molecule has 0 spiro atoms. The van der Waals surface area contributed by atoms with Crippen LogP contribution in [0.5, 0.6) is 5.75 Å². The Morgan fingerprint density at radius 3 is 2.54 bits per heavy atom. The van der Waals surface area contributed by atoms with Gasteiger partial charge >= 0.3 is 7.52 Å². The van der Waals surface area contributed by atoms with E-state index < -0.39 is 7.52 Å². The Morgan fingerprint density at radius 2 is 2.00 bits per heavy atom. The molecule has 0 aliphatic carbocycles. The molecule has 0 bridgehead atoms. The van der Waals surface area contributed by atoms with Gasteiger partial charge in [-0.2, -0.15) is 0 Å². The minimum atomic E-state index is -3.21. The second-order valence-electron chi connectivity index (χ2n) is 2.40. The zero-order valence-corrected chi connectivity index (χ0v) is 7.90. The molecule has 1 atom stereocenters. The first-order valence-electron chi connectivity index (χ1n) is 3.55. The molecule has 1 aromatic rings. The Balaban J connectivity index is 2.81. The molecule has 4 nitrogen and oxygen atoms in total. The van der Waals surface area contributed by atoms with Crippen LogP contribution in [-0.2, 0) is 9.36 Å². The quantitative estimate of drug-likeness (QED) is 0.424. The predicted molar refractivity (Wildman–Crippen MR) is 48.7 cm³/mol. The number of isocyanates is 1. The topological polar surface area (TPSA) is 55.7 Å². The molecule has 0 N–H and O–H groups in total. The monoisotopic (exact) mass is 197 g/mol. The second kappa shape index (κ2) is 4.04. The van der Waals surface area contributed by atoms with Crippen LogP contribution in [0, 0.1) is 0 Å². The van der Waals surface area contributed by atoms with Gasteiger partial charge in [-0.15, -0.1) is 4.76 Å². The SMILES string of the molecule is C[P@](=O)(N=C=O)Oc1ccccc1. The van der Waals surface area contributed by atoms with Crippen LogP contribution >= 0.6 is 7.52 Å². The van der Waals surface area contributed by atoms with Gasteiger partial charge in [0.25, 0.3) is 0 Å². The zero-order valence-electron chi connectivity index (χ0n) is 7.01. The van der Waals surface area contributed by atoms with Gasteiger partial charge in [-0.25, -0.2) is 4.79 Å². The molecule has 0 radical (unpaired) electrons. The van der Waals surface area contributed by atoms with E-state index in [-0.39, 0.29) is 0 Å². The van der Waals surface area contributed by atoms with Crippen LogP contribution in [0.25, 0.3) is 0 Å². The van der Waals surface area contributed by atoms with Gasteiger partial charge < -0.3 is 4.52 Å². The zero-order chi connectivity index (χ0) is 9.73. The number of hydrogen-bond donors (Lipinski definition) is 0. The van der Waals surface area contributed by atoms with E-state index in [0.29, 0.717) is 5.75 Å². The molecule has 0 unspecified atom stereocenters. The van der Waals surface area contributed by atoms with Crippen LogP contribution in [0.3, 0.4) is 0 Å². The Labute approximate surface area is 75.8 Å². The van der Waals surface area contributed by atoms with E-state index in [1.807, 2.05) is 0 Å². The van der Waals surface area contributed by atoms with E-state index in [0.717, 1.165) is 0 Å². The van der Waals surface area contributed by atoms with Gasteiger partial charge in [0.1, 0.15) is 5.75 Å². The van der Waals surface area contributed by atoms with Crippen molar-refractivity contribution in [2.75, 3.05) is 6.66 Å². The third-order valence-corrected chi connectivity index (χ3v) is 2.23. The van der Waals surface area contributed by atoms with E-state index in [2.05, 4.69) is 4.76 Å². The smallest absolute Gasteiger partial charge is 0.369 e. The standard InChI is InChI=1S/C8H8NO3P/c1-13(11,9-7-10)12-8-5-3-2-4-6-8/h2-6H,1H3/t13-/m1/s1. The highest BCUT2D eigenvalue weighted by atomic mass is 31.2. The molecule has 1 aromatic carbocycles. The fourth-order valence-corrected chi connectivity index (χ4v) is 1.47. The molecule has 0 aliphatic heterocycles. The Morgan fingerprint density at radius 1 is 1.38 bits per heavy atom. The first-order valence-corrected chi connectivity index (χ1v) is 5.58. The fourth-order valence-electron chi connectivity index (χ4n) is 0.772. The first kappa shape index (κ1) is 9.72. The molecular formula is C8H8NO3P. The molecule has 5 heteroatoms. The Bertz CT molecular complexity index is 370. The van der Waals surface area contributed by atoms with Gasteiger partial charge in [0.05, 0.1) is 0 Å². The maximum atomic E-state index is 11.3. The lowest BCUT2D eigenvalue weighted by molar-refractivity contribution is 0.488. The fraction of sp³-hybridized carbons (Fsp3) is 0.125. The highest BCUT2D eigenvalue weighted by molar-refractivity contribution is 7.57. The molecule has 68 valence electrons. The van der Waals surface area contributed by atoms with Crippen LogP contribution in [0.15, 0.2) is 35.1 Å². The van der Waals surface area contributed by atoms with Crippen molar-refractivity contribution >= 4 is 13.6 Å². The summed E-state index contributed by atoms with van der Waals surface area (Å²) in [5, 5.41) is 0. The molecule has 0 saturated carbocycles. The first-order chi connectivity index (χ1) is 6.14. The van der Waals surface area contributed by atoms with Crippen molar-refractivity contribution in [3.63, 3.8) is 0 Å². The van der Waals surface area contributed by atoms with Crippen LogP contribution in [-0.4, -0.2) is 12.7 Å². The van der Waals surface area contributed by atoms with E-state index in [1.165, 1.54) is 12.7 Å². The molecule has 0 aliphatic rings. The lowest BCUT2D eigenvalue weighted by Crippen LogP contribution is -1.87. The summed E-state index contributed by atoms with van der Waals surface area (Å²) in [6.45, 7) is 1.25. The van der Waals surface area contributed by atoms with Gasteiger partial charge in [0, 0.05) is 6.66 Å². The lowest BCUT2D eigenvalue weighted by atomic mass is 10.3. The van der Waals surface area contributed by atoms with Crippen LogP contribution in [0.1, 0.15) is 0 Å². The van der Waals surface area contributed by atoms with E-state index in [1.54, 1.807) is 30.3 Å². The predicted octanol–water partition coefficient (Wildman–Crippen LogP) is 2.22. The number of hydrogen-bond acceptors (Lipinski definition) is 3. The molecule has 0 saturated heterocycles. The van der Waals surface area contributed by atoms with Crippen molar-refractivity contribution in [1.82, 2.24) is 0 Å². The second-order valence-corrected chi connectivity index (χ2v) is 4.39. The molecule has 0 heterocycles. The highest BCUT2D eigenvalue weighted by Crippen LogP contribution is 2.43. The summed E-state index contributed by atoms with van der Waals surface area (Å²) in [7, 11) is -3.21. The number of benzene rings is 1. The average Bonchev–Trinajstić information content (AvgIpc) is 2.04. The third-order valence-electron chi connectivity index (χ3n) is 1.24. The highest BCUT2D eigenvalue weighted by Gasteiger charge is 2.14. The van der Waals surface area contributed by atoms with E-state index in [4.69, 9.17) is 4.52 Å². The van der Waals surface area contributed by atoms with Crippen molar-refractivity contribution < 1.29 is 13.9 Å². The van der Waals surface area contributed by atoms with Gasteiger partial charge in [0.15, 0.2) is 0 Å². The Kier molecular flexibility index (Phi) is 3.02. The molecule has 0 fully saturated rings. The molecule has 0 aromatic heterocycles. The van der Waals surface area contributed by atoms with Crippen LogP contribution in [0.2, 0.25) is 0 Å². The van der Waals surface area contributed by atoms with Crippen molar-refractivity contribution in [2.45, 2.75) is 0 Å². The lowest BCUT2D eigenvalue weighted by Gasteiger charge is -2.07. The number of carbonyl (C=O) groups excluding carboxylic acids is 1. The van der Waals surface area contributed by atoms with Crippen molar-refractivity contribution in [2.24, 2.45) is 4.76 Å². The minimum Gasteiger partial charge on any atom is -0.428 e. The largest absolute Gasteiger partial charge is 0.428 e. The average molecular weight is 197 g/mol. The molecule has 1 rings (SSSR count). The van der Waals surface area contributed by atoms with Crippen molar-refractivity contribution in [3.8, 4) is 5.75 Å². The summed E-state index contributed by atoms with van der Waals surface area (Å²) in [6, 6.07) is 8.54. The van der Waals surface area contributed by atoms with Crippen molar-refractivity contribution in [3.05, 3.63) is 30.3 Å². The van der Waals surface area contributed by atoms with Crippen LogP contribution < -0.4 is 4.52 Å². The summed E-state index contributed by atoms with van der Waals surface area (Å²) in [5.74, 6) is 0.423. The number of para-hydroxylation sites is 1. The third kappa shape index (κ3) is 3.24. The van der Waals surface area contributed by atoms with E-state index in [9.17, 15) is 9.36 Å². The summed E-state index contributed by atoms with van der Waals surface area (Å²) in [5.41, 5.74) is 0. The molecule has 0 amide bonds. The minimum absolute atomic E-state index is 0.423. The maximum absolute atomic E-state index is 11.3. The van der Waals surface area contributed by atoms with Gasteiger partial charge in [-0.05, 0) is 12.1 Å². The summed E-state index contributed by atoms with van der Waals surface area (Å²) in [6.07, 6.45) is 1.22. The number of rotatable bonds is 3. The van der Waals surface area contributed by atoms with Crippen LogP contribution in [0.4, 0.5) is 0 Å². The number of nitrogens with zero attached hydrogens (tertiary/aromatic N) is 1. The summed E-state index contributed by atoms with van der Waals surface area (Å²) in [4.78, 5) is 9.87. The van der Waals surface area contributed by atoms with Gasteiger partial charge in [0.2, 0.25) is 6.08 Å². The normalized spacial score (nSPS) is 13.9. The van der Waals surface area contributed by atoms with Gasteiger partial charge in [-0.3, -0.25) is 4.57 Å². The molecular weight excluding hydrogens is 189 g/mol. The Hall–Kier alpha value is -1.37. The maximum Gasteiger partial charge on any atom is 0.369 e. The van der Waals surface area contributed by atoms with Gasteiger partial charge in [-0.1, -0.05) is 18.2 Å². The summed E-state index contributed by atoms with van der Waals surface area (Å²) >= 11 is 0. The van der Waals surface area contributed by atoms with E-state index >= 15 is 0 Å².